The summed E-state index contributed by atoms with van der Waals surface area (Å²) in [4.78, 5) is 8.82. The summed E-state index contributed by atoms with van der Waals surface area (Å²) in [6.07, 6.45) is 0.0219. The molecule has 0 saturated carbocycles. The van der Waals surface area contributed by atoms with E-state index in [-0.39, 0.29) is 18.8 Å². The maximum absolute atomic E-state index is 12.5. The SMILES string of the molecule is Nc1nc(N2CCC(N3C[C@H](COCC(F)F)OC[C@@H]3Cc3ccc(Cl)cc3)CC2)n[nH]1. The van der Waals surface area contributed by atoms with Crippen LogP contribution in [0, 0.1) is 0 Å². The molecule has 1 aromatic carbocycles. The number of nitrogen functional groups attached to an aromatic ring is 1. The number of ether oxygens (including phenoxy) is 2. The van der Waals surface area contributed by atoms with Gasteiger partial charge in [-0.3, -0.25) is 4.90 Å². The number of halogens is 3. The van der Waals surface area contributed by atoms with Gasteiger partial charge in [-0.15, -0.1) is 5.10 Å². The Balaban J connectivity index is 1.40. The van der Waals surface area contributed by atoms with Gasteiger partial charge in [-0.2, -0.15) is 4.98 Å². The van der Waals surface area contributed by atoms with Crippen LogP contribution >= 0.6 is 11.6 Å². The summed E-state index contributed by atoms with van der Waals surface area (Å²) < 4.78 is 36.1. The zero-order valence-electron chi connectivity index (χ0n) is 17.8. The van der Waals surface area contributed by atoms with Crippen molar-refractivity contribution in [1.29, 1.82) is 0 Å². The van der Waals surface area contributed by atoms with Gasteiger partial charge in [0.15, 0.2) is 0 Å². The molecular formula is C21H29ClF2N6O2. The fourth-order valence-electron chi connectivity index (χ4n) is 4.49. The lowest BCUT2D eigenvalue weighted by atomic mass is 9.96. The third kappa shape index (κ3) is 6.06. The van der Waals surface area contributed by atoms with Crippen molar-refractivity contribution in [3.05, 3.63) is 34.9 Å². The molecule has 3 heterocycles. The summed E-state index contributed by atoms with van der Waals surface area (Å²) in [6.45, 7) is 2.43. The zero-order chi connectivity index (χ0) is 22.5. The van der Waals surface area contributed by atoms with Gasteiger partial charge >= 0.3 is 0 Å². The van der Waals surface area contributed by atoms with Crippen molar-refractivity contribution < 1.29 is 18.3 Å². The van der Waals surface area contributed by atoms with Crippen LogP contribution in [0.15, 0.2) is 24.3 Å². The van der Waals surface area contributed by atoms with E-state index in [1.165, 1.54) is 5.56 Å². The van der Waals surface area contributed by atoms with E-state index in [9.17, 15) is 8.78 Å². The fourth-order valence-corrected chi connectivity index (χ4v) is 4.62. The monoisotopic (exact) mass is 470 g/mol. The zero-order valence-corrected chi connectivity index (χ0v) is 18.6. The molecule has 2 saturated heterocycles. The Labute approximate surface area is 191 Å². The Kier molecular flexibility index (Phi) is 7.77. The second-order valence-corrected chi connectivity index (χ2v) is 8.74. The topological polar surface area (TPSA) is 92.5 Å². The molecule has 11 heteroatoms. The number of morpholine rings is 1. The predicted molar refractivity (Wildman–Crippen MR) is 118 cm³/mol. The van der Waals surface area contributed by atoms with Crippen LogP contribution in [0.25, 0.3) is 0 Å². The first kappa shape index (κ1) is 23.2. The number of benzene rings is 1. The molecule has 0 radical (unpaired) electrons. The van der Waals surface area contributed by atoms with E-state index in [4.69, 9.17) is 26.8 Å². The highest BCUT2D eigenvalue weighted by Gasteiger charge is 2.36. The van der Waals surface area contributed by atoms with Crippen LogP contribution in [-0.2, 0) is 15.9 Å². The number of nitrogens with zero attached hydrogens (tertiary/aromatic N) is 4. The number of H-pyrrole nitrogens is 1. The second kappa shape index (κ2) is 10.7. The first-order chi connectivity index (χ1) is 15.5. The van der Waals surface area contributed by atoms with Gasteiger partial charge in [-0.05, 0) is 37.0 Å². The van der Waals surface area contributed by atoms with Gasteiger partial charge in [0.2, 0.25) is 11.9 Å². The Bertz CT molecular complexity index is 847. The summed E-state index contributed by atoms with van der Waals surface area (Å²) in [5.41, 5.74) is 6.85. The van der Waals surface area contributed by atoms with Gasteiger partial charge in [-0.25, -0.2) is 13.9 Å². The average molecular weight is 471 g/mol. The molecule has 32 heavy (non-hydrogen) atoms. The van der Waals surface area contributed by atoms with E-state index >= 15 is 0 Å². The molecule has 0 unspecified atom stereocenters. The van der Waals surface area contributed by atoms with E-state index < -0.39 is 13.0 Å². The number of aromatic amines is 1. The Hall–Kier alpha value is -2.01. The van der Waals surface area contributed by atoms with Crippen molar-refractivity contribution in [3.63, 3.8) is 0 Å². The molecular weight excluding hydrogens is 442 g/mol. The molecule has 0 aliphatic carbocycles. The van der Waals surface area contributed by atoms with Crippen molar-refractivity contribution in [2.75, 3.05) is 50.1 Å². The lowest BCUT2D eigenvalue weighted by Crippen LogP contribution is -2.58. The van der Waals surface area contributed by atoms with Crippen molar-refractivity contribution in [1.82, 2.24) is 20.1 Å². The smallest absolute Gasteiger partial charge is 0.261 e. The quantitative estimate of drug-likeness (QED) is 0.612. The molecule has 2 aliphatic rings. The second-order valence-electron chi connectivity index (χ2n) is 8.30. The minimum atomic E-state index is -2.47. The molecule has 3 N–H and O–H groups in total. The van der Waals surface area contributed by atoms with Crippen LogP contribution in [0.5, 0.6) is 0 Å². The Morgan fingerprint density at radius 1 is 1.25 bits per heavy atom. The van der Waals surface area contributed by atoms with Gasteiger partial charge in [-0.1, -0.05) is 23.7 Å². The number of rotatable bonds is 8. The molecule has 0 amide bonds. The van der Waals surface area contributed by atoms with E-state index in [1.807, 2.05) is 24.3 Å². The summed E-state index contributed by atoms with van der Waals surface area (Å²) in [5.74, 6) is 0.934. The van der Waals surface area contributed by atoms with Crippen LogP contribution in [0.2, 0.25) is 5.02 Å². The van der Waals surface area contributed by atoms with Gasteiger partial charge in [0.05, 0.1) is 19.3 Å². The highest BCUT2D eigenvalue weighted by molar-refractivity contribution is 6.30. The first-order valence-corrected chi connectivity index (χ1v) is 11.3. The lowest BCUT2D eigenvalue weighted by molar-refractivity contribution is -0.115. The number of piperidine rings is 1. The standard InChI is InChI=1S/C21H29ClF2N6O2/c22-15-3-1-14(2-4-15)9-17-11-32-18(12-31-13-19(23)24)10-30(17)16-5-7-29(8-6-16)21-26-20(25)27-28-21/h1-4,16-19H,5-13H2,(H3,25,26,27,28)/t17-,18+/m0/s1. The van der Waals surface area contributed by atoms with Crippen LogP contribution in [-0.4, -0.2) is 84.1 Å². The summed E-state index contributed by atoms with van der Waals surface area (Å²) in [7, 11) is 0. The Morgan fingerprint density at radius 3 is 2.66 bits per heavy atom. The predicted octanol–water partition coefficient (Wildman–Crippen LogP) is 2.60. The number of anilines is 2. The van der Waals surface area contributed by atoms with Crippen molar-refractivity contribution >= 4 is 23.5 Å². The molecule has 0 bridgehead atoms. The minimum Gasteiger partial charge on any atom is -0.373 e. The van der Waals surface area contributed by atoms with Crippen LogP contribution in [0.3, 0.4) is 0 Å². The van der Waals surface area contributed by atoms with Crippen molar-refractivity contribution in [2.45, 2.75) is 43.9 Å². The summed E-state index contributed by atoms with van der Waals surface area (Å²) in [6, 6.07) is 8.41. The van der Waals surface area contributed by atoms with E-state index in [0.29, 0.717) is 36.1 Å². The molecule has 0 spiro atoms. The maximum Gasteiger partial charge on any atom is 0.261 e. The van der Waals surface area contributed by atoms with Crippen LogP contribution in [0.1, 0.15) is 18.4 Å². The summed E-state index contributed by atoms with van der Waals surface area (Å²) >= 11 is 6.03. The number of nitrogens with two attached hydrogens (primary N) is 1. The van der Waals surface area contributed by atoms with E-state index in [2.05, 4.69) is 25.0 Å². The molecule has 1 aromatic heterocycles. The normalized spacial score (nSPS) is 23.2. The fraction of sp³-hybridized carbons (Fsp3) is 0.619. The van der Waals surface area contributed by atoms with Crippen LogP contribution in [0.4, 0.5) is 20.7 Å². The third-order valence-corrected chi connectivity index (χ3v) is 6.30. The molecule has 2 aliphatic heterocycles. The summed E-state index contributed by atoms with van der Waals surface area (Å²) in [5, 5.41) is 7.55. The number of aromatic nitrogens is 3. The molecule has 4 rings (SSSR count). The molecule has 2 aromatic rings. The molecule has 2 fully saturated rings. The molecule has 2 atom stereocenters. The third-order valence-electron chi connectivity index (χ3n) is 6.05. The van der Waals surface area contributed by atoms with E-state index in [0.717, 1.165) is 32.4 Å². The van der Waals surface area contributed by atoms with Gasteiger partial charge < -0.3 is 20.1 Å². The first-order valence-electron chi connectivity index (χ1n) is 10.9. The number of hydrogen-bond donors (Lipinski definition) is 2. The van der Waals surface area contributed by atoms with Gasteiger partial charge in [0, 0.05) is 36.7 Å². The highest BCUT2D eigenvalue weighted by Crippen LogP contribution is 2.27. The van der Waals surface area contributed by atoms with Crippen molar-refractivity contribution in [2.24, 2.45) is 0 Å². The number of hydrogen-bond acceptors (Lipinski definition) is 7. The number of nitrogens with one attached hydrogen (secondary N) is 1. The molecule has 8 nitrogen and oxygen atoms in total. The van der Waals surface area contributed by atoms with Crippen molar-refractivity contribution in [3.8, 4) is 0 Å². The van der Waals surface area contributed by atoms with Gasteiger partial charge in [0.1, 0.15) is 6.61 Å². The number of alkyl halides is 2. The largest absolute Gasteiger partial charge is 0.373 e. The highest BCUT2D eigenvalue weighted by atomic mass is 35.5. The Morgan fingerprint density at radius 2 is 2.00 bits per heavy atom. The average Bonchev–Trinajstić information content (AvgIpc) is 3.22. The minimum absolute atomic E-state index is 0.170. The van der Waals surface area contributed by atoms with Gasteiger partial charge in [0.25, 0.3) is 6.43 Å². The van der Waals surface area contributed by atoms with E-state index in [1.54, 1.807) is 0 Å². The lowest BCUT2D eigenvalue weighted by Gasteiger charge is -2.46. The molecule has 176 valence electrons. The van der Waals surface area contributed by atoms with Crippen LogP contribution < -0.4 is 10.6 Å². The maximum atomic E-state index is 12.5.